The molecule has 21 heavy (non-hydrogen) atoms. The first kappa shape index (κ1) is 15.3. The van der Waals surface area contributed by atoms with Gasteiger partial charge in [-0.15, -0.1) is 0 Å². The van der Waals surface area contributed by atoms with E-state index in [0.29, 0.717) is 12.1 Å². The molecule has 2 aromatic rings. The third-order valence-corrected chi connectivity index (χ3v) is 3.46. The number of ether oxygens (including phenoxy) is 1. The monoisotopic (exact) mass is 288 g/mol. The van der Waals surface area contributed by atoms with Gasteiger partial charge in [-0.2, -0.15) is 0 Å². The molecule has 1 atom stereocenters. The summed E-state index contributed by atoms with van der Waals surface area (Å²) in [5.41, 5.74) is 1.26. The number of esters is 1. The number of aromatic amines is 1. The summed E-state index contributed by atoms with van der Waals surface area (Å²) in [7, 11) is 1.36. The molecule has 1 heterocycles. The van der Waals surface area contributed by atoms with Crippen molar-refractivity contribution >= 4 is 16.9 Å². The Kier molecular flexibility index (Phi) is 4.75. The number of carbonyl (C=O) groups is 1. The zero-order chi connectivity index (χ0) is 15.4. The van der Waals surface area contributed by atoms with E-state index in [2.05, 4.69) is 10.3 Å². The lowest BCUT2D eigenvalue weighted by atomic mass is 10.0. The lowest BCUT2D eigenvalue weighted by Crippen LogP contribution is -2.42. The van der Waals surface area contributed by atoms with E-state index in [-0.39, 0.29) is 17.4 Å². The van der Waals surface area contributed by atoms with Crippen LogP contribution in [0.25, 0.3) is 10.9 Å². The smallest absolute Gasteiger partial charge is 0.323 e. The number of aromatic nitrogens is 1. The highest BCUT2D eigenvalue weighted by Gasteiger charge is 2.22. The van der Waals surface area contributed by atoms with Crippen molar-refractivity contribution in [3.63, 3.8) is 0 Å². The molecule has 0 bridgehead atoms. The average molecular weight is 288 g/mol. The molecule has 0 saturated carbocycles. The summed E-state index contributed by atoms with van der Waals surface area (Å²) in [6.45, 7) is 4.18. The van der Waals surface area contributed by atoms with Gasteiger partial charge in [-0.1, -0.05) is 32.0 Å². The maximum atomic E-state index is 12.0. The Hall–Kier alpha value is -2.14. The van der Waals surface area contributed by atoms with Crippen molar-refractivity contribution in [3.05, 3.63) is 46.2 Å². The lowest BCUT2D eigenvalue weighted by Gasteiger charge is -2.19. The van der Waals surface area contributed by atoms with Gasteiger partial charge >= 0.3 is 5.97 Å². The molecular weight excluding hydrogens is 268 g/mol. The molecule has 5 heteroatoms. The van der Waals surface area contributed by atoms with Gasteiger partial charge in [0.05, 0.1) is 7.11 Å². The number of hydrogen-bond donors (Lipinski definition) is 2. The fourth-order valence-corrected chi connectivity index (χ4v) is 2.26. The summed E-state index contributed by atoms with van der Waals surface area (Å²) in [6.07, 6.45) is 0. The maximum Gasteiger partial charge on any atom is 0.323 e. The molecule has 0 spiro atoms. The highest BCUT2D eigenvalue weighted by molar-refractivity contribution is 5.78. The van der Waals surface area contributed by atoms with Crippen LogP contribution in [0.4, 0.5) is 0 Å². The summed E-state index contributed by atoms with van der Waals surface area (Å²) in [5.74, 6) is -0.237. The van der Waals surface area contributed by atoms with Crippen molar-refractivity contribution in [1.29, 1.82) is 0 Å². The van der Waals surface area contributed by atoms with Crippen LogP contribution in [0.15, 0.2) is 35.1 Å². The number of pyridine rings is 1. The molecule has 5 nitrogen and oxygen atoms in total. The van der Waals surface area contributed by atoms with Gasteiger partial charge in [-0.05, 0) is 23.4 Å². The van der Waals surface area contributed by atoms with Gasteiger partial charge in [-0.3, -0.25) is 14.9 Å². The van der Waals surface area contributed by atoms with Crippen LogP contribution in [0.1, 0.15) is 19.4 Å². The third kappa shape index (κ3) is 3.49. The van der Waals surface area contributed by atoms with Crippen LogP contribution in [0.2, 0.25) is 0 Å². The molecular formula is C16H20N2O3. The number of fused-ring (bicyclic) bond motifs is 1. The molecule has 0 amide bonds. The first-order valence-corrected chi connectivity index (χ1v) is 6.95. The van der Waals surface area contributed by atoms with E-state index in [9.17, 15) is 9.59 Å². The highest BCUT2D eigenvalue weighted by atomic mass is 16.5. The second-order valence-electron chi connectivity index (χ2n) is 5.34. The van der Waals surface area contributed by atoms with Crippen LogP contribution in [0, 0.1) is 5.92 Å². The Bertz CT molecular complexity index is 691. The number of benzene rings is 1. The summed E-state index contributed by atoms with van der Waals surface area (Å²) in [5, 5.41) is 4.06. The minimum Gasteiger partial charge on any atom is -0.468 e. The molecule has 1 aromatic carbocycles. The fraction of sp³-hybridized carbons (Fsp3) is 0.375. The molecule has 1 aromatic heterocycles. The molecule has 2 N–H and O–H groups in total. The first-order valence-electron chi connectivity index (χ1n) is 6.95. The Morgan fingerprint density at radius 3 is 2.71 bits per heavy atom. The van der Waals surface area contributed by atoms with E-state index in [0.717, 1.165) is 10.9 Å². The second kappa shape index (κ2) is 6.54. The van der Waals surface area contributed by atoms with Crippen molar-refractivity contribution in [2.45, 2.75) is 26.4 Å². The van der Waals surface area contributed by atoms with Crippen LogP contribution < -0.4 is 10.9 Å². The number of H-pyrrole nitrogens is 1. The Morgan fingerprint density at radius 2 is 2.05 bits per heavy atom. The average Bonchev–Trinajstić information content (AvgIpc) is 2.47. The largest absolute Gasteiger partial charge is 0.468 e. The number of hydrogen-bond acceptors (Lipinski definition) is 4. The molecule has 0 aliphatic heterocycles. The van der Waals surface area contributed by atoms with Gasteiger partial charge in [-0.25, -0.2) is 0 Å². The third-order valence-electron chi connectivity index (χ3n) is 3.46. The van der Waals surface area contributed by atoms with Crippen molar-refractivity contribution in [2.75, 3.05) is 7.11 Å². The number of rotatable bonds is 5. The molecule has 0 unspecified atom stereocenters. The zero-order valence-corrected chi connectivity index (χ0v) is 12.5. The van der Waals surface area contributed by atoms with E-state index in [1.807, 2.05) is 44.2 Å². The summed E-state index contributed by atoms with van der Waals surface area (Å²) >= 11 is 0. The molecule has 0 aliphatic rings. The van der Waals surface area contributed by atoms with Crippen LogP contribution in [-0.4, -0.2) is 24.1 Å². The quantitative estimate of drug-likeness (QED) is 0.823. The molecule has 0 radical (unpaired) electrons. The number of para-hydroxylation sites is 1. The van der Waals surface area contributed by atoms with Crippen molar-refractivity contribution in [1.82, 2.24) is 10.3 Å². The topological polar surface area (TPSA) is 71.2 Å². The van der Waals surface area contributed by atoms with Gasteiger partial charge in [0.2, 0.25) is 0 Å². The van der Waals surface area contributed by atoms with Gasteiger partial charge in [0.1, 0.15) is 6.04 Å². The maximum absolute atomic E-state index is 12.0. The van der Waals surface area contributed by atoms with E-state index in [4.69, 9.17) is 4.74 Å². The summed E-state index contributed by atoms with van der Waals surface area (Å²) in [6, 6.07) is 9.01. The van der Waals surface area contributed by atoms with Crippen LogP contribution in [0.5, 0.6) is 0 Å². The summed E-state index contributed by atoms with van der Waals surface area (Å²) < 4.78 is 4.78. The van der Waals surface area contributed by atoms with E-state index in [1.165, 1.54) is 7.11 Å². The number of nitrogens with one attached hydrogen (secondary N) is 2. The number of methoxy groups -OCH3 is 1. The Morgan fingerprint density at radius 1 is 1.33 bits per heavy atom. The van der Waals surface area contributed by atoms with Crippen LogP contribution >= 0.6 is 0 Å². The van der Waals surface area contributed by atoms with E-state index in [1.54, 1.807) is 0 Å². The van der Waals surface area contributed by atoms with Crippen LogP contribution in [0.3, 0.4) is 0 Å². The van der Waals surface area contributed by atoms with Crippen molar-refractivity contribution in [2.24, 2.45) is 5.92 Å². The molecule has 112 valence electrons. The van der Waals surface area contributed by atoms with Crippen molar-refractivity contribution < 1.29 is 9.53 Å². The fourth-order valence-electron chi connectivity index (χ4n) is 2.26. The minimum atomic E-state index is -0.430. The second-order valence-corrected chi connectivity index (χ2v) is 5.34. The summed E-state index contributed by atoms with van der Waals surface area (Å²) in [4.78, 5) is 26.6. The Balaban J connectivity index is 2.21. The highest BCUT2D eigenvalue weighted by Crippen LogP contribution is 2.11. The van der Waals surface area contributed by atoms with Crippen LogP contribution in [-0.2, 0) is 16.1 Å². The predicted octanol–water partition coefficient (Wildman–Crippen LogP) is 1.82. The van der Waals surface area contributed by atoms with E-state index >= 15 is 0 Å². The number of carbonyl (C=O) groups excluding carboxylic acids is 1. The van der Waals surface area contributed by atoms with Gasteiger partial charge in [0.15, 0.2) is 0 Å². The standard InChI is InChI=1S/C16H20N2O3/c1-10(2)14(16(20)21-3)17-9-12-8-11-6-4-5-7-13(11)18-15(12)19/h4-8,10,14,17H,9H2,1-3H3,(H,18,19)/t14-/m0/s1. The van der Waals surface area contributed by atoms with Crippen molar-refractivity contribution in [3.8, 4) is 0 Å². The van der Waals surface area contributed by atoms with Gasteiger partial charge in [0, 0.05) is 17.6 Å². The SMILES string of the molecule is COC(=O)[C@@H](NCc1cc2ccccc2[nH]c1=O)C(C)C. The molecule has 0 saturated heterocycles. The zero-order valence-electron chi connectivity index (χ0n) is 12.5. The van der Waals surface area contributed by atoms with Gasteiger partial charge in [0.25, 0.3) is 5.56 Å². The Labute approximate surface area is 123 Å². The normalized spacial score (nSPS) is 12.6. The molecule has 0 fully saturated rings. The molecule has 2 rings (SSSR count). The lowest BCUT2D eigenvalue weighted by molar-refractivity contribution is -0.144. The first-order chi connectivity index (χ1) is 10.0. The molecule has 0 aliphatic carbocycles. The van der Waals surface area contributed by atoms with E-state index < -0.39 is 6.04 Å². The predicted molar refractivity (Wildman–Crippen MR) is 82.1 cm³/mol. The minimum absolute atomic E-state index is 0.0805. The van der Waals surface area contributed by atoms with Gasteiger partial charge < -0.3 is 9.72 Å².